The number of nitrogens with one attached hydrogen (secondary N) is 1. The summed E-state index contributed by atoms with van der Waals surface area (Å²) in [4.78, 5) is 46.2. The van der Waals surface area contributed by atoms with Crippen molar-refractivity contribution in [2.45, 2.75) is 32.1 Å². The maximum absolute atomic E-state index is 12.7. The topological polar surface area (TPSA) is 92.4 Å². The molecule has 0 unspecified atom stereocenters. The Morgan fingerprint density at radius 2 is 1.93 bits per heavy atom. The molecule has 0 spiro atoms. The zero-order valence-corrected chi connectivity index (χ0v) is 16.2. The first-order valence-electron chi connectivity index (χ1n) is 9.33. The third kappa shape index (κ3) is 2.73. The molecule has 1 fully saturated rings. The van der Waals surface area contributed by atoms with Gasteiger partial charge in [0.2, 0.25) is 0 Å². The zero-order valence-electron chi connectivity index (χ0n) is 16.2. The quantitative estimate of drug-likeness (QED) is 0.613. The summed E-state index contributed by atoms with van der Waals surface area (Å²) in [7, 11) is 1.39. The fourth-order valence-corrected chi connectivity index (χ4v) is 4.49. The van der Waals surface area contributed by atoms with Crippen molar-refractivity contribution < 1.29 is 19.1 Å². The number of aromatic amines is 1. The van der Waals surface area contributed by atoms with Gasteiger partial charge in [-0.2, -0.15) is 0 Å². The van der Waals surface area contributed by atoms with E-state index < -0.39 is 5.41 Å². The summed E-state index contributed by atoms with van der Waals surface area (Å²) in [6.45, 7) is 4.34. The normalized spacial score (nSPS) is 23.7. The Morgan fingerprint density at radius 3 is 2.46 bits per heavy atom. The van der Waals surface area contributed by atoms with Crippen LogP contribution in [0.5, 0.6) is 0 Å². The highest BCUT2D eigenvalue weighted by Gasteiger charge is 2.64. The van der Waals surface area contributed by atoms with Gasteiger partial charge in [-0.15, -0.1) is 0 Å². The molecule has 1 aromatic heterocycles. The molecule has 0 radical (unpaired) electrons. The van der Waals surface area contributed by atoms with E-state index in [0.717, 1.165) is 5.69 Å². The molecule has 0 saturated heterocycles. The first kappa shape index (κ1) is 18.4. The summed E-state index contributed by atoms with van der Waals surface area (Å²) in [5.41, 5.74) is 0.589. The van der Waals surface area contributed by atoms with Gasteiger partial charge in [0, 0.05) is 12.7 Å². The Balaban J connectivity index is 1.51. The van der Waals surface area contributed by atoms with E-state index in [-0.39, 0.29) is 29.1 Å². The van der Waals surface area contributed by atoms with Crippen LogP contribution in [0, 0.1) is 11.3 Å². The number of amides is 2. The number of carbonyl (C=O) groups is 3. The second-order valence-electron chi connectivity index (χ2n) is 8.44. The predicted octanol–water partition coefficient (Wildman–Crippen LogP) is 2.55. The summed E-state index contributed by atoms with van der Waals surface area (Å²) >= 11 is 0. The number of hydrogen-bond acceptors (Lipinski definition) is 5. The Bertz CT molecular complexity index is 915. The fourth-order valence-electron chi connectivity index (χ4n) is 4.49. The van der Waals surface area contributed by atoms with Gasteiger partial charge in [0.1, 0.15) is 5.41 Å². The molecule has 1 saturated carbocycles. The molecule has 2 amide bonds. The molecule has 146 valence electrons. The number of hydrogen-bond donors (Lipinski definition) is 1. The van der Waals surface area contributed by atoms with Gasteiger partial charge in [-0.3, -0.25) is 19.3 Å². The van der Waals surface area contributed by atoms with Crippen LogP contribution in [0.25, 0.3) is 0 Å². The van der Waals surface area contributed by atoms with Gasteiger partial charge < -0.3 is 9.72 Å². The largest absolute Gasteiger partial charge is 0.468 e. The minimum absolute atomic E-state index is 0.0607. The Morgan fingerprint density at radius 1 is 1.29 bits per heavy atom. The third-order valence-electron chi connectivity index (χ3n) is 5.90. The molecule has 0 bridgehead atoms. The number of imide groups is 1. The maximum atomic E-state index is 12.7. The SMILES string of the molecule is COC(=O)[C@]1(c2cnc[nH]2)C[C@@H]1CC(C)(C)CN1C(=O)c2ccccc2C1=O. The number of benzene rings is 1. The van der Waals surface area contributed by atoms with Gasteiger partial charge >= 0.3 is 5.97 Å². The van der Waals surface area contributed by atoms with Gasteiger partial charge in [-0.25, -0.2) is 4.98 Å². The van der Waals surface area contributed by atoms with E-state index in [1.807, 2.05) is 13.8 Å². The van der Waals surface area contributed by atoms with Crippen LogP contribution in [0.1, 0.15) is 53.1 Å². The lowest BCUT2D eigenvalue weighted by atomic mass is 9.83. The van der Waals surface area contributed by atoms with Gasteiger partial charge in [-0.05, 0) is 36.3 Å². The molecule has 2 aliphatic rings. The van der Waals surface area contributed by atoms with Crippen molar-refractivity contribution in [3.63, 3.8) is 0 Å². The summed E-state index contributed by atoms with van der Waals surface area (Å²) in [6, 6.07) is 6.89. The van der Waals surface area contributed by atoms with Crippen molar-refractivity contribution >= 4 is 17.8 Å². The third-order valence-corrected chi connectivity index (χ3v) is 5.90. The molecule has 1 aliphatic heterocycles. The smallest absolute Gasteiger partial charge is 0.318 e. The molecule has 1 N–H and O–H groups in total. The molecule has 2 atom stereocenters. The Labute approximate surface area is 163 Å². The van der Waals surface area contributed by atoms with E-state index in [0.29, 0.717) is 30.5 Å². The number of esters is 1. The minimum atomic E-state index is -0.718. The maximum Gasteiger partial charge on any atom is 0.318 e. The molecule has 28 heavy (non-hydrogen) atoms. The molecule has 1 aromatic carbocycles. The number of aromatic nitrogens is 2. The van der Waals surface area contributed by atoms with Crippen molar-refractivity contribution in [2.75, 3.05) is 13.7 Å². The Kier molecular flexibility index (Phi) is 4.14. The number of fused-ring (bicyclic) bond motifs is 1. The fraction of sp³-hybridized carbons (Fsp3) is 0.429. The zero-order chi connectivity index (χ0) is 20.1. The van der Waals surface area contributed by atoms with Crippen LogP contribution < -0.4 is 0 Å². The second kappa shape index (κ2) is 6.29. The summed E-state index contributed by atoms with van der Waals surface area (Å²) < 4.78 is 5.05. The van der Waals surface area contributed by atoms with Gasteiger partial charge in [0.05, 0.1) is 30.3 Å². The summed E-state index contributed by atoms with van der Waals surface area (Å²) in [6.07, 6.45) is 4.55. The van der Waals surface area contributed by atoms with Crippen molar-refractivity contribution in [2.24, 2.45) is 11.3 Å². The van der Waals surface area contributed by atoms with Crippen LogP contribution in [0.15, 0.2) is 36.8 Å². The highest BCUT2D eigenvalue weighted by atomic mass is 16.5. The van der Waals surface area contributed by atoms with Crippen LogP contribution in [0.4, 0.5) is 0 Å². The van der Waals surface area contributed by atoms with Crippen LogP contribution in [-0.4, -0.2) is 46.3 Å². The molecule has 2 aromatic rings. The molecule has 4 rings (SSSR count). The predicted molar refractivity (Wildman–Crippen MR) is 101 cm³/mol. The minimum Gasteiger partial charge on any atom is -0.468 e. The van der Waals surface area contributed by atoms with Crippen molar-refractivity contribution in [3.05, 3.63) is 53.6 Å². The van der Waals surface area contributed by atoms with E-state index >= 15 is 0 Å². The molecule has 7 nitrogen and oxygen atoms in total. The lowest BCUT2D eigenvalue weighted by Gasteiger charge is -2.30. The average molecular weight is 381 g/mol. The van der Waals surface area contributed by atoms with Crippen molar-refractivity contribution in [1.29, 1.82) is 0 Å². The molecular formula is C21H23N3O4. The molecular weight excluding hydrogens is 358 g/mol. The molecule has 1 aliphatic carbocycles. The first-order valence-corrected chi connectivity index (χ1v) is 9.33. The number of imidazole rings is 1. The van der Waals surface area contributed by atoms with Crippen LogP contribution >= 0.6 is 0 Å². The van der Waals surface area contributed by atoms with E-state index in [4.69, 9.17) is 4.74 Å². The van der Waals surface area contributed by atoms with Gasteiger partial charge in [0.15, 0.2) is 0 Å². The number of carbonyl (C=O) groups excluding carboxylic acids is 3. The monoisotopic (exact) mass is 381 g/mol. The second-order valence-corrected chi connectivity index (χ2v) is 8.44. The van der Waals surface area contributed by atoms with Crippen LogP contribution in [0.2, 0.25) is 0 Å². The average Bonchev–Trinajstić information content (AvgIpc) is 3.03. The van der Waals surface area contributed by atoms with Gasteiger partial charge in [-0.1, -0.05) is 26.0 Å². The standard InChI is InChI=1S/C21H23N3O4/c1-20(2,11-24-17(25)14-6-4-5-7-15(14)18(24)26)8-13-9-21(13,19(27)28-3)16-10-22-12-23-16/h4-7,10,12-13H,8-9,11H2,1-3H3,(H,22,23)/t13-,21+/m0/s1. The summed E-state index contributed by atoms with van der Waals surface area (Å²) in [5.74, 6) is -0.724. The van der Waals surface area contributed by atoms with E-state index in [9.17, 15) is 14.4 Å². The van der Waals surface area contributed by atoms with Crippen molar-refractivity contribution in [1.82, 2.24) is 14.9 Å². The van der Waals surface area contributed by atoms with E-state index in [1.54, 1.807) is 36.8 Å². The number of rotatable bonds is 6. The van der Waals surface area contributed by atoms with E-state index in [2.05, 4.69) is 9.97 Å². The van der Waals surface area contributed by atoms with E-state index in [1.165, 1.54) is 12.0 Å². The van der Waals surface area contributed by atoms with Crippen LogP contribution in [-0.2, 0) is 14.9 Å². The number of nitrogens with zero attached hydrogens (tertiary/aromatic N) is 2. The lowest BCUT2D eigenvalue weighted by molar-refractivity contribution is -0.144. The summed E-state index contributed by atoms with van der Waals surface area (Å²) in [5, 5.41) is 0. The molecule has 2 heterocycles. The highest BCUT2D eigenvalue weighted by Crippen LogP contribution is 2.58. The van der Waals surface area contributed by atoms with Crippen molar-refractivity contribution in [3.8, 4) is 0 Å². The number of methoxy groups -OCH3 is 1. The van der Waals surface area contributed by atoms with Gasteiger partial charge in [0.25, 0.3) is 11.8 Å². The molecule has 7 heteroatoms. The Hall–Kier alpha value is -2.96. The lowest BCUT2D eigenvalue weighted by Crippen LogP contribution is -2.39. The van der Waals surface area contributed by atoms with Crippen LogP contribution in [0.3, 0.4) is 0 Å². The number of ether oxygens (including phenoxy) is 1. The number of H-pyrrole nitrogens is 1. The first-order chi connectivity index (χ1) is 13.3. The highest BCUT2D eigenvalue weighted by molar-refractivity contribution is 6.21.